The molecular formula is C11H17Si. The molecule has 0 atom stereocenters. The van der Waals surface area contributed by atoms with Crippen molar-refractivity contribution in [3.8, 4) is 0 Å². The largest absolute Gasteiger partial charge is 0.0680 e. The van der Waals surface area contributed by atoms with Crippen LogP contribution in [0.5, 0.6) is 0 Å². The topological polar surface area (TPSA) is 0 Å². The van der Waals surface area contributed by atoms with E-state index in [9.17, 15) is 0 Å². The van der Waals surface area contributed by atoms with E-state index in [4.69, 9.17) is 0 Å². The summed E-state index contributed by atoms with van der Waals surface area (Å²) in [5, 5.41) is 0. The van der Waals surface area contributed by atoms with Gasteiger partial charge in [0.2, 0.25) is 0 Å². The molecule has 1 aromatic carbocycles. The van der Waals surface area contributed by atoms with Gasteiger partial charge >= 0.3 is 0 Å². The van der Waals surface area contributed by atoms with Crippen molar-refractivity contribution in [2.24, 2.45) is 0 Å². The molecule has 0 aromatic heterocycles. The molecule has 65 valence electrons. The molecule has 0 fully saturated rings. The maximum Gasteiger partial charge on any atom is 0.0519 e. The summed E-state index contributed by atoms with van der Waals surface area (Å²) in [7, 11) is -0.0756. The average Bonchev–Trinajstić information content (AvgIpc) is 2.16. The number of benzene rings is 1. The molecule has 0 amide bonds. The minimum absolute atomic E-state index is 0.0756. The maximum atomic E-state index is 2.32. The molecule has 0 N–H and O–H groups in total. The Kier molecular flexibility index (Phi) is 4.09. The normalized spacial score (nSPS) is 10.6. The van der Waals surface area contributed by atoms with E-state index in [-0.39, 0.29) is 8.80 Å². The minimum atomic E-state index is -0.0756. The van der Waals surface area contributed by atoms with Gasteiger partial charge in [0.05, 0.1) is 8.80 Å². The predicted molar refractivity (Wildman–Crippen MR) is 56.9 cm³/mol. The maximum absolute atomic E-state index is 2.32. The van der Waals surface area contributed by atoms with Crippen LogP contribution >= 0.6 is 0 Å². The zero-order valence-electron chi connectivity index (χ0n) is 8.01. The van der Waals surface area contributed by atoms with Gasteiger partial charge in [0.1, 0.15) is 0 Å². The molecule has 0 aliphatic rings. The zero-order chi connectivity index (χ0) is 8.81. The van der Waals surface area contributed by atoms with Crippen molar-refractivity contribution in [3.05, 3.63) is 35.9 Å². The van der Waals surface area contributed by atoms with Gasteiger partial charge in [0, 0.05) is 0 Å². The van der Waals surface area contributed by atoms with Crippen LogP contribution in [0.4, 0.5) is 0 Å². The first-order valence-corrected chi connectivity index (χ1v) is 6.86. The Hall–Kier alpha value is -0.563. The molecule has 0 aliphatic heterocycles. The lowest BCUT2D eigenvalue weighted by molar-refractivity contribution is 1.22. The van der Waals surface area contributed by atoms with E-state index >= 15 is 0 Å². The predicted octanol–water partition coefficient (Wildman–Crippen LogP) is 3.30. The van der Waals surface area contributed by atoms with Gasteiger partial charge in [0.25, 0.3) is 0 Å². The van der Waals surface area contributed by atoms with E-state index in [1.165, 1.54) is 23.7 Å². The van der Waals surface area contributed by atoms with Gasteiger partial charge in [0.15, 0.2) is 0 Å². The molecule has 1 heteroatoms. The third-order valence-corrected chi connectivity index (χ3v) is 5.21. The van der Waals surface area contributed by atoms with Crippen LogP contribution in [0.15, 0.2) is 30.3 Å². The van der Waals surface area contributed by atoms with E-state index in [0.29, 0.717) is 0 Å². The Balaban J connectivity index is 2.51. The lowest BCUT2D eigenvalue weighted by Crippen LogP contribution is -2.13. The number of rotatable bonds is 4. The van der Waals surface area contributed by atoms with Crippen LogP contribution in [0.3, 0.4) is 0 Å². The first-order valence-electron chi connectivity index (χ1n) is 4.74. The fourth-order valence-corrected chi connectivity index (χ4v) is 3.20. The first-order chi connectivity index (χ1) is 5.86. The molecule has 0 saturated carbocycles. The molecule has 1 aromatic rings. The summed E-state index contributed by atoms with van der Waals surface area (Å²) in [6.45, 7) is 4.64. The second-order valence-electron chi connectivity index (χ2n) is 3.12. The van der Waals surface area contributed by atoms with Crippen LogP contribution in [-0.4, -0.2) is 8.80 Å². The second-order valence-corrected chi connectivity index (χ2v) is 6.39. The summed E-state index contributed by atoms with van der Waals surface area (Å²) >= 11 is 0. The fraction of sp³-hybridized carbons (Fsp3) is 0.455. The molecule has 0 unspecified atom stereocenters. The standard InChI is InChI=1S/C11H17Si/c1-3-12(4-2)10-11-8-6-5-7-9-11/h5-9H,3-4,10H2,1-2H3. The van der Waals surface area contributed by atoms with Gasteiger partial charge in [-0.1, -0.05) is 61.8 Å². The van der Waals surface area contributed by atoms with E-state index in [1.807, 2.05) is 0 Å². The van der Waals surface area contributed by atoms with Crippen molar-refractivity contribution in [2.75, 3.05) is 0 Å². The average molecular weight is 177 g/mol. The van der Waals surface area contributed by atoms with Crippen LogP contribution in [-0.2, 0) is 6.04 Å². The smallest absolute Gasteiger partial charge is 0.0519 e. The highest BCUT2D eigenvalue weighted by molar-refractivity contribution is 6.58. The van der Waals surface area contributed by atoms with Crippen LogP contribution in [0, 0.1) is 0 Å². The van der Waals surface area contributed by atoms with E-state index in [2.05, 4.69) is 44.2 Å². The van der Waals surface area contributed by atoms with E-state index in [1.54, 1.807) is 0 Å². The highest BCUT2D eigenvalue weighted by Gasteiger charge is 2.05. The Bertz CT molecular complexity index is 202. The summed E-state index contributed by atoms with van der Waals surface area (Å²) in [5.41, 5.74) is 1.52. The minimum Gasteiger partial charge on any atom is -0.0680 e. The molecule has 1 radical (unpaired) electrons. The monoisotopic (exact) mass is 177 g/mol. The van der Waals surface area contributed by atoms with Crippen molar-refractivity contribution in [1.29, 1.82) is 0 Å². The summed E-state index contributed by atoms with van der Waals surface area (Å²) in [5.74, 6) is 0. The molecule has 1 rings (SSSR count). The highest BCUT2D eigenvalue weighted by atomic mass is 28.3. The van der Waals surface area contributed by atoms with Gasteiger partial charge in [-0.05, 0) is 6.04 Å². The highest BCUT2D eigenvalue weighted by Crippen LogP contribution is 2.07. The molecule has 0 bridgehead atoms. The fourth-order valence-electron chi connectivity index (χ4n) is 1.38. The molecule has 0 heterocycles. The van der Waals surface area contributed by atoms with Crippen molar-refractivity contribution in [1.82, 2.24) is 0 Å². The van der Waals surface area contributed by atoms with Gasteiger partial charge in [-0.15, -0.1) is 0 Å². The van der Waals surface area contributed by atoms with Gasteiger partial charge < -0.3 is 0 Å². The van der Waals surface area contributed by atoms with Crippen molar-refractivity contribution >= 4 is 8.80 Å². The lowest BCUT2D eigenvalue weighted by Gasteiger charge is -2.09. The van der Waals surface area contributed by atoms with Crippen molar-refractivity contribution < 1.29 is 0 Å². The van der Waals surface area contributed by atoms with E-state index in [0.717, 1.165) is 0 Å². The third-order valence-electron chi connectivity index (χ3n) is 2.30. The molecule has 0 nitrogen and oxygen atoms in total. The number of hydrogen-bond acceptors (Lipinski definition) is 0. The van der Waals surface area contributed by atoms with Gasteiger partial charge in [-0.3, -0.25) is 0 Å². The zero-order valence-corrected chi connectivity index (χ0v) is 9.01. The van der Waals surface area contributed by atoms with Crippen molar-refractivity contribution in [2.45, 2.75) is 32.0 Å². The summed E-state index contributed by atoms with van der Waals surface area (Å²) in [6.07, 6.45) is 0. The first kappa shape index (κ1) is 9.52. The summed E-state index contributed by atoms with van der Waals surface area (Å²) in [6, 6.07) is 15.0. The summed E-state index contributed by atoms with van der Waals surface area (Å²) < 4.78 is 0. The van der Waals surface area contributed by atoms with E-state index < -0.39 is 0 Å². The molecule has 0 saturated heterocycles. The molecule has 0 spiro atoms. The summed E-state index contributed by atoms with van der Waals surface area (Å²) in [4.78, 5) is 0. The van der Waals surface area contributed by atoms with Gasteiger partial charge in [-0.25, -0.2) is 0 Å². The molecule has 12 heavy (non-hydrogen) atoms. The van der Waals surface area contributed by atoms with Crippen LogP contribution < -0.4 is 0 Å². The van der Waals surface area contributed by atoms with Crippen LogP contribution in [0.2, 0.25) is 12.1 Å². The third kappa shape index (κ3) is 2.82. The molecule has 0 aliphatic carbocycles. The number of hydrogen-bond donors (Lipinski definition) is 0. The SMILES string of the molecule is CC[Si](CC)Cc1ccccc1. The van der Waals surface area contributed by atoms with Crippen molar-refractivity contribution in [3.63, 3.8) is 0 Å². The Morgan fingerprint density at radius 2 is 1.58 bits per heavy atom. The quantitative estimate of drug-likeness (QED) is 0.619. The van der Waals surface area contributed by atoms with Crippen LogP contribution in [0.25, 0.3) is 0 Å². The van der Waals surface area contributed by atoms with Gasteiger partial charge in [-0.2, -0.15) is 0 Å². The second kappa shape index (κ2) is 5.15. The van der Waals surface area contributed by atoms with Crippen LogP contribution in [0.1, 0.15) is 19.4 Å². The Labute approximate surface area is 77.2 Å². The molecular weight excluding hydrogens is 160 g/mol. The Morgan fingerprint density at radius 1 is 1.00 bits per heavy atom. The lowest BCUT2D eigenvalue weighted by atomic mass is 10.2. The Morgan fingerprint density at radius 3 is 2.08 bits per heavy atom.